The van der Waals surface area contributed by atoms with Crippen LogP contribution in [-0.2, 0) is 4.79 Å². The van der Waals surface area contributed by atoms with Gasteiger partial charge in [-0.15, -0.1) is 24.8 Å². The van der Waals surface area contributed by atoms with Gasteiger partial charge in [0.25, 0.3) is 0 Å². The van der Waals surface area contributed by atoms with Crippen molar-refractivity contribution in [2.45, 2.75) is 51.5 Å². The molecule has 0 aromatic carbocycles. The van der Waals surface area contributed by atoms with E-state index in [1.54, 1.807) is 0 Å². The van der Waals surface area contributed by atoms with E-state index in [0.717, 1.165) is 50.6 Å². The number of nitrogens with two attached hydrogens (primary N) is 1. The third kappa shape index (κ3) is 6.72. The van der Waals surface area contributed by atoms with Crippen LogP contribution in [0.4, 0.5) is 0 Å². The van der Waals surface area contributed by atoms with E-state index < -0.39 is 5.54 Å². The van der Waals surface area contributed by atoms with E-state index in [4.69, 9.17) is 5.73 Å². The normalized spacial score (nSPS) is 27.2. The average Bonchev–Trinajstić information content (AvgIpc) is 3.07. The SMILES string of the molecule is CC1CC(C)CN(CCCCNC(=O)C2(N)CC2)C1.Cl.Cl. The van der Waals surface area contributed by atoms with E-state index >= 15 is 0 Å². The smallest absolute Gasteiger partial charge is 0.240 e. The van der Waals surface area contributed by atoms with Crippen LogP contribution in [0.25, 0.3) is 0 Å². The molecule has 126 valence electrons. The molecule has 4 nitrogen and oxygen atoms in total. The van der Waals surface area contributed by atoms with Crippen molar-refractivity contribution in [2.24, 2.45) is 17.6 Å². The number of nitrogens with zero attached hydrogens (tertiary/aromatic N) is 1. The Hall–Kier alpha value is -0.0300. The van der Waals surface area contributed by atoms with E-state index in [1.807, 2.05) is 0 Å². The third-order valence-electron chi connectivity index (χ3n) is 4.37. The minimum Gasteiger partial charge on any atom is -0.355 e. The number of halogens is 2. The molecule has 1 saturated carbocycles. The van der Waals surface area contributed by atoms with Gasteiger partial charge in [-0.3, -0.25) is 4.79 Å². The molecule has 1 aliphatic heterocycles. The van der Waals surface area contributed by atoms with Crippen LogP contribution < -0.4 is 11.1 Å². The van der Waals surface area contributed by atoms with Gasteiger partial charge in [0.15, 0.2) is 0 Å². The molecule has 1 heterocycles. The van der Waals surface area contributed by atoms with E-state index in [-0.39, 0.29) is 30.7 Å². The average molecular weight is 340 g/mol. The summed E-state index contributed by atoms with van der Waals surface area (Å²) in [5, 5.41) is 2.96. The van der Waals surface area contributed by atoms with Gasteiger partial charge in [-0.25, -0.2) is 0 Å². The molecule has 1 saturated heterocycles. The summed E-state index contributed by atoms with van der Waals surface area (Å²) in [7, 11) is 0. The second-order valence-corrected chi connectivity index (χ2v) is 6.82. The predicted molar refractivity (Wildman–Crippen MR) is 92.3 cm³/mol. The van der Waals surface area contributed by atoms with Gasteiger partial charge in [-0.1, -0.05) is 13.8 Å². The van der Waals surface area contributed by atoms with Crippen LogP contribution in [0.15, 0.2) is 0 Å². The maximum Gasteiger partial charge on any atom is 0.240 e. The molecule has 0 aromatic rings. The van der Waals surface area contributed by atoms with Crippen molar-refractivity contribution in [2.75, 3.05) is 26.2 Å². The van der Waals surface area contributed by atoms with Crippen molar-refractivity contribution in [1.82, 2.24) is 10.2 Å². The van der Waals surface area contributed by atoms with Crippen molar-refractivity contribution in [3.05, 3.63) is 0 Å². The van der Waals surface area contributed by atoms with Crippen LogP contribution in [0.2, 0.25) is 0 Å². The molecule has 0 spiro atoms. The quantitative estimate of drug-likeness (QED) is 0.729. The molecule has 2 atom stereocenters. The van der Waals surface area contributed by atoms with Gasteiger partial charge in [-0.05, 0) is 50.5 Å². The van der Waals surface area contributed by atoms with Crippen molar-refractivity contribution in [3.8, 4) is 0 Å². The highest BCUT2D eigenvalue weighted by atomic mass is 35.5. The lowest BCUT2D eigenvalue weighted by molar-refractivity contribution is -0.123. The summed E-state index contributed by atoms with van der Waals surface area (Å²) < 4.78 is 0. The Morgan fingerprint density at radius 3 is 2.29 bits per heavy atom. The maximum atomic E-state index is 11.6. The molecule has 2 aliphatic rings. The third-order valence-corrected chi connectivity index (χ3v) is 4.37. The number of unbranched alkanes of at least 4 members (excludes halogenated alkanes) is 1. The summed E-state index contributed by atoms with van der Waals surface area (Å²) in [4.78, 5) is 14.2. The minimum atomic E-state index is -0.516. The van der Waals surface area contributed by atoms with Crippen molar-refractivity contribution < 1.29 is 4.79 Å². The van der Waals surface area contributed by atoms with Crippen LogP contribution in [0.1, 0.15) is 46.0 Å². The predicted octanol–water partition coefficient (Wildman–Crippen LogP) is 2.20. The summed E-state index contributed by atoms with van der Waals surface area (Å²) in [6.45, 7) is 9.11. The Morgan fingerprint density at radius 2 is 1.76 bits per heavy atom. The highest BCUT2D eigenvalue weighted by Crippen LogP contribution is 2.32. The van der Waals surface area contributed by atoms with Gasteiger partial charge in [0.2, 0.25) is 5.91 Å². The number of hydrogen-bond donors (Lipinski definition) is 2. The number of amides is 1. The number of carbonyl (C=O) groups excluding carboxylic acids is 1. The molecule has 2 rings (SSSR count). The molecule has 0 bridgehead atoms. The second kappa shape index (κ2) is 9.19. The van der Waals surface area contributed by atoms with Crippen LogP contribution in [0, 0.1) is 11.8 Å². The number of rotatable bonds is 6. The summed E-state index contributed by atoms with van der Waals surface area (Å²) in [6, 6.07) is 0. The van der Waals surface area contributed by atoms with Crippen LogP contribution >= 0.6 is 24.8 Å². The van der Waals surface area contributed by atoms with E-state index in [2.05, 4.69) is 24.1 Å². The first kappa shape index (κ1) is 21.0. The first-order chi connectivity index (χ1) is 8.99. The summed E-state index contributed by atoms with van der Waals surface area (Å²) >= 11 is 0. The first-order valence-electron chi connectivity index (χ1n) is 7.79. The molecule has 1 aliphatic carbocycles. The summed E-state index contributed by atoms with van der Waals surface area (Å²) in [5.41, 5.74) is 5.32. The number of carbonyl (C=O) groups is 1. The van der Waals surface area contributed by atoms with Crippen molar-refractivity contribution in [1.29, 1.82) is 0 Å². The van der Waals surface area contributed by atoms with Gasteiger partial charge < -0.3 is 16.0 Å². The first-order valence-corrected chi connectivity index (χ1v) is 7.79. The highest BCUT2D eigenvalue weighted by molar-refractivity contribution is 5.88. The fourth-order valence-electron chi connectivity index (χ4n) is 3.17. The summed E-state index contributed by atoms with van der Waals surface area (Å²) in [6.07, 6.45) is 5.29. The second-order valence-electron chi connectivity index (χ2n) is 6.82. The Labute approximate surface area is 141 Å². The molecule has 0 radical (unpaired) electrons. The van der Waals surface area contributed by atoms with Crippen LogP contribution in [-0.4, -0.2) is 42.5 Å². The summed E-state index contributed by atoms with van der Waals surface area (Å²) in [5.74, 6) is 1.71. The molecule has 3 N–H and O–H groups in total. The standard InChI is InChI=1S/C15H29N3O.2ClH/c1-12-9-13(2)11-18(10-12)8-4-3-7-17-14(19)15(16)5-6-15;;/h12-13H,3-11,16H2,1-2H3,(H,17,19);2*1H. The Balaban J connectivity index is 0.00000200. The molecule has 2 fully saturated rings. The fraction of sp³-hybridized carbons (Fsp3) is 0.933. The van der Waals surface area contributed by atoms with Gasteiger partial charge in [0, 0.05) is 19.6 Å². The number of piperidine rings is 1. The molecular formula is C15H31Cl2N3O. The van der Waals surface area contributed by atoms with E-state index in [1.165, 1.54) is 19.5 Å². The zero-order valence-electron chi connectivity index (χ0n) is 13.3. The van der Waals surface area contributed by atoms with Crippen LogP contribution in [0.3, 0.4) is 0 Å². The van der Waals surface area contributed by atoms with Crippen LogP contribution in [0.5, 0.6) is 0 Å². The monoisotopic (exact) mass is 339 g/mol. The zero-order chi connectivity index (χ0) is 13.9. The largest absolute Gasteiger partial charge is 0.355 e. The van der Waals surface area contributed by atoms with Gasteiger partial charge in [-0.2, -0.15) is 0 Å². The van der Waals surface area contributed by atoms with Gasteiger partial charge >= 0.3 is 0 Å². The van der Waals surface area contributed by atoms with Gasteiger partial charge in [0.05, 0.1) is 5.54 Å². The Kier molecular flexibility index (Phi) is 9.17. The zero-order valence-corrected chi connectivity index (χ0v) is 14.9. The van der Waals surface area contributed by atoms with E-state index in [9.17, 15) is 4.79 Å². The molecule has 2 unspecified atom stereocenters. The lowest BCUT2D eigenvalue weighted by Crippen LogP contribution is -2.43. The molecule has 1 amide bonds. The molecular weight excluding hydrogens is 309 g/mol. The van der Waals surface area contributed by atoms with Crippen molar-refractivity contribution >= 4 is 30.7 Å². The Bertz CT molecular complexity index is 314. The van der Waals surface area contributed by atoms with Gasteiger partial charge in [0.1, 0.15) is 0 Å². The number of nitrogens with one attached hydrogen (secondary N) is 1. The Morgan fingerprint density at radius 1 is 1.19 bits per heavy atom. The maximum absolute atomic E-state index is 11.6. The molecule has 0 aromatic heterocycles. The highest BCUT2D eigenvalue weighted by Gasteiger charge is 2.45. The topological polar surface area (TPSA) is 58.4 Å². The number of likely N-dealkylation sites (tertiary alicyclic amines) is 1. The van der Waals surface area contributed by atoms with Crippen molar-refractivity contribution in [3.63, 3.8) is 0 Å². The number of hydrogen-bond acceptors (Lipinski definition) is 3. The lowest BCUT2D eigenvalue weighted by Gasteiger charge is -2.34. The lowest BCUT2D eigenvalue weighted by atomic mass is 9.92. The minimum absolute atomic E-state index is 0. The van der Waals surface area contributed by atoms with E-state index in [0.29, 0.717) is 0 Å². The molecule has 21 heavy (non-hydrogen) atoms. The fourth-order valence-corrected chi connectivity index (χ4v) is 3.17. The molecule has 6 heteroatoms.